The van der Waals surface area contributed by atoms with Crippen LogP contribution in [0.25, 0.3) is 0 Å². The highest BCUT2D eigenvalue weighted by Crippen LogP contribution is 2.31. The normalized spacial score (nSPS) is 14.8. The molecule has 0 bridgehead atoms. The molecule has 2 N–H and O–H groups in total. The summed E-state index contributed by atoms with van der Waals surface area (Å²) in [6.07, 6.45) is 3.69. The molecule has 0 radical (unpaired) electrons. The Labute approximate surface area is 95.5 Å². The number of hydrogen-bond acceptors (Lipinski definition) is 2. The topological polar surface area (TPSA) is 49.3 Å². The molecule has 1 aliphatic carbocycles. The van der Waals surface area contributed by atoms with Crippen LogP contribution in [-0.2, 0) is 0 Å². The van der Waals surface area contributed by atoms with Gasteiger partial charge in [0, 0.05) is 17.7 Å². The van der Waals surface area contributed by atoms with Gasteiger partial charge in [0.05, 0.1) is 0 Å². The maximum atomic E-state index is 11.8. The molecule has 0 aliphatic heterocycles. The lowest BCUT2D eigenvalue weighted by molar-refractivity contribution is 0.0951. The fourth-order valence-corrected chi connectivity index (χ4v) is 1.76. The van der Waals surface area contributed by atoms with E-state index in [-0.39, 0.29) is 11.7 Å². The van der Waals surface area contributed by atoms with E-state index >= 15 is 0 Å². The minimum atomic E-state index is -0.0888. The summed E-state index contributed by atoms with van der Waals surface area (Å²) in [4.78, 5) is 11.8. The van der Waals surface area contributed by atoms with Crippen LogP contribution in [0.3, 0.4) is 0 Å². The lowest BCUT2D eigenvalue weighted by atomic mass is 10.1. The van der Waals surface area contributed by atoms with Crippen LogP contribution in [0.1, 0.15) is 35.2 Å². The number of phenols is 1. The minimum absolute atomic E-state index is 0.0888. The van der Waals surface area contributed by atoms with Crippen molar-refractivity contribution in [1.82, 2.24) is 5.32 Å². The Hall–Kier alpha value is -1.51. The Kier molecular flexibility index (Phi) is 3.13. The largest absolute Gasteiger partial charge is 0.508 e. The van der Waals surface area contributed by atoms with E-state index < -0.39 is 0 Å². The molecule has 1 aromatic rings. The van der Waals surface area contributed by atoms with Gasteiger partial charge in [0.1, 0.15) is 5.75 Å². The summed E-state index contributed by atoms with van der Waals surface area (Å²) in [5.74, 6) is 0.912. The number of carbonyl (C=O) groups is 1. The molecule has 1 aliphatic rings. The van der Waals surface area contributed by atoms with Crippen LogP contribution in [0.4, 0.5) is 0 Å². The number of rotatable bonds is 4. The van der Waals surface area contributed by atoms with E-state index in [1.807, 2.05) is 0 Å². The molecule has 3 heteroatoms. The highest BCUT2D eigenvalue weighted by atomic mass is 16.3. The molecule has 0 heterocycles. The lowest BCUT2D eigenvalue weighted by Gasteiger charge is -2.08. The van der Waals surface area contributed by atoms with Crippen molar-refractivity contribution in [2.75, 3.05) is 6.54 Å². The molecule has 1 aromatic carbocycles. The van der Waals surface area contributed by atoms with Crippen molar-refractivity contribution in [2.45, 2.75) is 26.2 Å². The van der Waals surface area contributed by atoms with Crippen molar-refractivity contribution in [3.05, 3.63) is 29.3 Å². The number of carbonyl (C=O) groups excluding carboxylic acids is 1. The standard InChI is InChI=1S/C13H17NO2/c1-9-11(3-2-4-12(9)15)13(16)14-8-7-10-5-6-10/h2-4,10,15H,5-8H2,1H3,(H,14,16). The summed E-state index contributed by atoms with van der Waals surface area (Å²) in [5, 5.41) is 12.4. The SMILES string of the molecule is Cc1c(O)cccc1C(=O)NCCC1CC1. The van der Waals surface area contributed by atoms with E-state index in [4.69, 9.17) is 0 Å². The Morgan fingerprint density at radius 1 is 1.50 bits per heavy atom. The van der Waals surface area contributed by atoms with Crippen molar-refractivity contribution in [3.63, 3.8) is 0 Å². The zero-order valence-electron chi connectivity index (χ0n) is 9.49. The predicted molar refractivity (Wildman–Crippen MR) is 62.5 cm³/mol. The molecule has 0 unspecified atom stereocenters. The maximum absolute atomic E-state index is 11.8. The van der Waals surface area contributed by atoms with Gasteiger partial charge in [0.15, 0.2) is 0 Å². The van der Waals surface area contributed by atoms with Crippen molar-refractivity contribution >= 4 is 5.91 Å². The predicted octanol–water partition coefficient (Wildman–Crippen LogP) is 2.23. The van der Waals surface area contributed by atoms with Crippen molar-refractivity contribution in [3.8, 4) is 5.75 Å². The van der Waals surface area contributed by atoms with Gasteiger partial charge in [-0.05, 0) is 31.4 Å². The number of nitrogens with one attached hydrogen (secondary N) is 1. The van der Waals surface area contributed by atoms with E-state index in [9.17, 15) is 9.90 Å². The van der Waals surface area contributed by atoms with E-state index in [0.717, 1.165) is 18.9 Å². The third-order valence-corrected chi connectivity index (χ3v) is 3.08. The zero-order chi connectivity index (χ0) is 11.5. The molecule has 0 atom stereocenters. The molecule has 1 saturated carbocycles. The molecular weight excluding hydrogens is 202 g/mol. The Balaban J connectivity index is 1.93. The summed E-state index contributed by atoms with van der Waals surface area (Å²) >= 11 is 0. The Morgan fingerprint density at radius 2 is 2.25 bits per heavy atom. The number of hydrogen-bond donors (Lipinski definition) is 2. The van der Waals surface area contributed by atoms with E-state index in [0.29, 0.717) is 11.1 Å². The van der Waals surface area contributed by atoms with Gasteiger partial charge >= 0.3 is 0 Å². The molecule has 0 spiro atoms. The molecule has 0 saturated heterocycles. The summed E-state index contributed by atoms with van der Waals surface area (Å²) < 4.78 is 0. The fourth-order valence-electron chi connectivity index (χ4n) is 1.76. The average Bonchev–Trinajstić information content (AvgIpc) is 3.06. The number of amides is 1. The highest BCUT2D eigenvalue weighted by molar-refractivity contribution is 5.96. The Morgan fingerprint density at radius 3 is 2.94 bits per heavy atom. The van der Waals surface area contributed by atoms with Crippen LogP contribution in [0.2, 0.25) is 0 Å². The van der Waals surface area contributed by atoms with Crippen LogP contribution in [0, 0.1) is 12.8 Å². The monoisotopic (exact) mass is 219 g/mol. The first kappa shape index (κ1) is 11.0. The van der Waals surface area contributed by atoms with Crippen LogP contribution >= 0.6 is 0 Å². The molecule has 1 amide bonds. The third kappa shape index (κ3) is 2.54. The zero-order valence-corrected chi connectivity index (χ0v) is 9.49. The van der Waals surface area contributed by atoms with Crippen molar-refractivity contribution in [2.24, 2.45) is 5.92 Å². The second kappa shape index (κ2) is 4.56. The average molecular weight is 219 g/mol. The highest BCUT2D eigenvalue weighted by Gasteiger charge is 2.20. The van der Waals surface area contributed by atoms with Gasteiger partial charge in [0.2, 0.25) is 0 Å². The van der Waals surface area contributed by atoms with E-state index in [1.165, 1.54) is 12.8 Å². The van der Waals surface area contributed by atoms with Crippen LogP contribution in [0.15, 0.2) is 18.2 Å². The van der Waals surface area contributed by atoms with Gasteiger partial charge < -0.3 is 10.4 Å². The number of phenolic OH excluding ortho intramolecular Hbond substituents is 1. The minimum Gasteiger partial charge on any atom is -0.508 e. The van der Waals surface area contributed by atoms with Gasteiger partial charge in [-0.2, -0.15) is 0 Å². The lowest BCUT2D eigenvalue weighted by Crippen LogP contribution is -2.25. The first-order chi connectivity index (χ1) is 7.68. The smallest absolute Gasteiger partial charge is 0.251 e. The summed E-state index contributed by atoms with van der Waals surface area (Å²) in [6.45, 7) is 2.49. The van der Waals surface area contributed by atoms with Gasteiger partial charge in [-0.3, -0.25) is 4.79 Å². The van der Waals surface area contributed by atoms with Crippen LogP contribution < -0.4 is 5.32 Å². The van der Waals surface area contributed by atoms with E-state index in [1.54, 1.807) is 25.1 Å². The summed E-state index contributed by atoms with van der Waals surface area (Å²) in [5.41, 5.74) is 1.21. The molecular formula is C13H17NO2. The maximum Gasteiger partial charge on any atom is 0.251 e. The fraction of sp³-hybridized carbons (Fsp3) is 0.462. The van der Waals surface area contributed by atoms with Gasteiger partial charge in [-0.25, -0.2) is 0 Å². The second-order valence-corrected chi connectivity index (χ2v) is 4.44. The van der Waals surface area contributed by atoms with Gasteiger partial charge in [-0.1, -0.05) is 18.9 Å². The summed E-state index contributed by atoms with van der Waals surface area (Å²) in [6, 6.07) is 5.02. The number of benzene rings is 1. The van der Waals surface area contributed by atoms with Crippen molar-refractivity contribution < 1.29 is 9.90 Å². The molecule has 2 rings (SSSR count). The Bertz CT molecular complexity index is 397. The number of aromatic hydroxyl groups is 1. The van der Waals surface area contributed by atoms with Gasteiger partial charge in [-0.15, -0.1) is 0 Å². The molecule has 0 aromatic heterocycles. The van der Waals surface area contributed by atoms with Crippen LogP contribution in [0.5, 0.6) is 5.75 Å². The van der Waals surface area contributed by atoms with E-state index in [2.05, 4.69) is 5.32 Å². The molecule has 16 heavy (non-hydrogen) atoms. The van der Waals surface area contributed by atoms with Crippen LogP contribution in [-0.4, -0.2) is 17.6 Å². The van der Waals surface area contributed by atoms with Gasteiger partial charge in [0.25, 0.3) is 5.91 Å². The molecule has 3 nitrogen and oxygen atoms in total. The van der Waals surface area contributed by atoms with Crippen molar-refractivity contribution in [1.29, 1.82) is 0 Å². The molecule has 1 fully saturated rings. The summed E-state index contributed by atoms with van der Waals surface area (Å²) in [7, 11) is 0. The quantitative estimate of drug-likeness (QED) is 0.815. The molecule has 86 valence electrons. The third-order valence-electron chi connectivity index (χ3n) is 3.08. The first-order valence-corrected chi connectivity index (χ1v) is 5.75. The first-order valence-electron chi connectivity index (χ1n) is 5.75. The second-order valence-electron chi connectivity index (χ2n) is 4.44.